The Balaban J connectivity index is 1.42. The normalized spacial score (nSPS) is 32.1. The van der Waals surface area contributed by atoms with Crippen molar-refractivity contribution in [3.05, 3.63) is 0 Å². The maximum Gasteiger partial charge on any atom is 0.410 e. The molecule has 2 saturated heterocycles. The summed E-state index contributed by atoms with van der Waals surface area (Å²) in [6.07, 6.45) is 3.94. The van der Waals surface area contributed by atoms with Crippen LogP contribution >= 0.6 is 0 Å². The van der Waals surface area contributed by atoms with Crippen molar-refractivity contribution in [3.63, 3.8) is 0 Å². The van der Waals surface area contributed by atoms with Crippen molar-refractivity contribution < 1.29 is 19.0 Å². The van der Waals surface area contributed by atoms with Gasteiger partial charge in [0.05, 0.1) is 13.2 Å². The Labute approximate surface area is 168 Å². The minimum Gasteiger partial charge on any atom is -0.444 e. The second-order valence-corrected chi connectivity index (χ2v) is 9.30. The second-order valence-electron chi connectivity index (χ2n) is 9.30. The number of hydrogen-bond acceptors (Lipinski definition) is 5. The Hall–Kier alpha value is -1.54. The van der Waals surface area contributed by atoms with Gasteiger partial charge in [0.25, 0.3) is 0 Å². The predicted molar refractivity (Wildman–Crippen MR) is 107 cm³/mol. The van der Waals surface area contributed by atoms with Crippen LogP contribution in [0.4, 0.5) is 4.79 Å². The van der Waals surface area contributed by atoms with Crippen molar-refractivity contribution in [2.45, 2.75) is 70.9 Å². The molecule has 0 radical (unpaired) electrons. The van der Waals surface area contributed by atoms with Crippen LogP contribution in [0, 0.1) is 5.92 Å². The van der Waals surface area contributed by atoms with Crippen molar-refractivity contribution in [1.29, 1.82) is 0 Å². The third-order valence-corrected chi connectivity index (χ3v) is 5.66. The molecule has 0 bridgehead atoms. The quantitative estimate of drug-likeness (QED) is 0.568. The molecule has 2 N–H and O–H groups in total. The SMILES string of the molecule is CC1CCC2(CC1)OCC(CN=C(N)N1CCN(C(=O)OC(C)(C)C)CC1)O2. The van der Waals surface area contributed by atoms with E-state index < -0.39 is 5.60 Å². The zero-order valence-corrected chi connectivity index (χ0v) is 17.8. The van der Waals surface area contributed by atoms with E-state index in [0.717, 1.165) is 31.6 Å². The van der Waals surface area contributed by atoms with E-state index >= 15 is 0 Å². The summed E-state index contributed by atoms with van der Waals surface area (Å²) in [7, 11) is 0. The third kappa shape index (κ3) is 5.50. The molecule has 1 aliphatic carbocycles. The van der Waals surface area contributed by atoms with Gasteiger partial charge in [-0.1, -0.05) is 6.92 Å². The molecule has 8 heteroatoms. The van der Waals surface area contributed by atoms with E-state index in [1.807, 2.05) is 25.7 Å². The van der Waals surface area contributed by atoms with Crippen LogP contribution < -0.4 is 5.73 Å². The maximum absolute atomic E-state index is 12.2. The number of hydrogen-bond donors (Lipinski definition) is 1. The summed E-state index contributed by atoms with van der Waals surface area (Å²) in [4.78, 5) is 20.4. The zero-order valence-electron chi connectivity index (χ0n) is 17.8. The molecule has 0 aromatic rings. The minimum atomic E-state index is -0.480. The fraction of sp³-hybridized carbons (Fsp3) is 0.900. The van der Waals surface area contributed by atoms with Crippen molar-refractivity contribution in [2.75, 3.05) is 39.3 Å². The molecule has 3 aliphatic rings. The van der Waals surface area contributed by atoms with E-state index in [0.29, 0.717) is 45.3 Å². The van der Waals surface area contributed by atoms with E-state index in [1.165, 1.54) is 0 Å². The molecule has 3 fully saturated rings. The monoisotopic (exact) mass is 396 g/mol. The molecule has 160 valence electrons. The topological polar surface area (TPSA) is 89.6 Å². The Bertz CT molecular complexity index is 573. The highest BCUT2D eigenvalue weighted by atomic mass is 16.7. The van der Waals surface area contributed by atoms with Crippen molar-refractivity contribution in [2.24, 2.45) is 16.6 Å². The molecule has 1 unspecified atom stereocenters. The van der Waals surface area contributed by atoms with Gasteiger partial charge < -0.3 is 29.7 Å². The molecule has 3 rings (SSSR count). The molecule has 0 aromatic heterocycles. The highest BCUT2D eigenvalue weighted by molar-refractivity contribution is 5.78. The Morgan fingerprint density at radius 3 is 2.39 bits per heavy atom. The summed E-state index contributed by atoms with van der Waals surface area (Å²) in [5, 5.41) is 0. The van der Waals surface area contributed by atoms with Crippen LogP contribution in [0.5, 0.6) is 0 Å². The lowest BCUT2D eigenvalue weighted by molar-refractivity contribution is -0.190. The van der Waals surface area contributed by atoms with Crippen LogP contribution in [0.1, 0.15) is 53.4 Å². The van der Waals surface area contributed by atoms with Crippen LogP contribution in [0.15, 0.2) is 4.99 Å². The van der Waals surface area contributed by atoms with Crippen molar-refractivity contribution >= 4 is 12.1 Å². The van der Waals surface area contributed by atoms with Crippen molar-refractivity contribution in [3.8, 4) is 0 Å². The maximum atomic E-state index is 12.2. The summed E-state index contributed by atoms with van der Waals surface area (Å²) in [6.45, 7) is 11.5. The number of nitrogens with two attached hydrogens (primary N) is 1. The van der Waals surface area contributed by atoms with Gasteiger partial charge in [-0.15, -0.1) is 0 Å². The molecule has 1 spiro atoms. The van der Waals surface area contributed by atoms with Gasteiger partial charge in [0.1, 0.15) is 11.7 Å². The first-order valence-corrected chi connectivity index (χ1v) is 10.5. The van der Waals surface area contributed by atoms with Crippen LogP contribution in [0.2, 0.25) is 0 Å². The zero-order chi connectivity index (χ0) is 20.4. The van der Waals surface area contributed by atoms with Crippen molar-refractivity contribution in [1.82, 2.24) is 9.80 Å². The Kier molecular flexibility index (Phi) is 6.39. The smallest absolute Gasteiger partial charge is 0.410 e. The second kappa shape index (κ2) is 8.45. The van der Waals surface area contributed by atoms with Crippen LogP contribution in [-0.4, -0.2) is 78.7 Å². The lowest BCUT2D eigenvalue weighted by atomic mass is 9.86. The lowest BCUT2D eigenvalue weighted by Crippen LogP contribution is -2.53. The lowest BCUT2D eigenvalue weighted by Gasteiger charge is -2.36. The van der Waals surface area contributed by atoms with Gasteiger partial charge in [-0.05, 0) is 39.5 Å². The van der Waals surface area contributed by atoms with Gasteiger partial charge in [-0.25, -0.2) is 4.79 Å². The van der Waals surface area contributed by atoms with E-state index in [-0.39, 0.29) is 18.0 Å². The van der Waals surface area contributed by atoms with E-state index in [1.54, 1.807) is 4.90 Å². The number of carbonyl (C=O) groups is 1. The summed E-state index contributed by atoms with van der Waals surface area (Å²) >= 11 is 0. The summed E-state index contributed by atoms with van der Waals surface area (Å²) in [6, 6.07) is 0. The molecule has 1 saturated carbocycles. The number of carbonyl (C=O) groups excluding carboxylic acids is 1. The fourth-order valence-corrected chi connectivity index (χ4v) is 3.91. The predicted octanol–water partition coefficient (Wildman–Crippen LogP) is 2.18. The number of aliphatic imine (C=N–C) groups is 1. The fourth-order valence-electron chi connectivity index (χ4n) is 3.91. The number of amides is 1. The summed E-state index contributed by atoms with van der Waals surface area (Å²) in [5.74, 6) is 0.871. The molecule has 2 aliphatic heterocycles. The third-order valence-electron chi connectivity index (χ3n) is 5.66. The van der Waals surface area contributed by atoms with Gasteiger partial charge in [0.2, 0.25) is 0 Å². The number of ether oxygens (including phenoxy) is 3. The van der Waals surface area contributed by atoms with Gasteiger partial charge in [-0.2, -0.15) is 0 Å². The highest BCUT2D eigenvalue weighted by Crippen LogP contribution is 2.39. The van der Waals surface area contributed by atoms with Gasteiger partial charge in [0.15, 0.2) is 11.7 Å². The van der Waals surface area contributed by atoms with E-state index in [4.69, 9.17) is 19.9 Å². The number of piperazine rings is 1. The minimum absolute atomic E-state index is 0.0324. The summed E-state index contributed by atoms with van der Waals surface area (Å²) in [5.41, 5.74) is 5.70. The highest BCUT2D eigenvalue weighted by Gasteiger charge is 2.43. The van der Waals surface area contributed by atoms with Gasteiger partial charge in [0, 0.05) is 39.0 Å². The Morgan fingerprint density at radius 1 is 1.18 bits per heavy atom. The Morgan fingerprint density at radius 2 is 1.79 bits per heavy atom. The van der Waals surface area contributed by atoms with Gasteiger partial charge in [-0.3, -0.25) is 4.99 Å². The number of nitrogens with zero attached hydrogens (tertiary/aromatic N) is 3. The van der Waals surface area contributed by atoms with E-state index in [9.17, 15) is 4.79 Å². The number of rotatable bonds is 2. The molecule has 1 atom stereocenters. The van der Waals surface area contributed by atoms with Crippen LogP contribution in [0.25, 0.3) is 0 Å². The average molecular weight is 397 g/mol. The molecule has 28 heavy (non-hydrogen) atoms. The molecule has 1 amide bonds. The molecule has 8 nitrogen and oxygen atoms in total. The first kappa shape index (κ1) is 21.2. The molecule has 2 heterocycles. The largest absolute Gasteiger partial charge is 0.444 e. The van der Waals surface area contributed by atoms with Gasteiger partial charge >= 0.3 is 6.09 Å². The standard InChI is InChI=1S/C20H36N4O4/c1-15-5-7-20(8-6-15)26-14-16(27-20)13-22-17(21)23-9-11-24(12-10-23)18(25)28-19(2,3)4/h15-16H,5-14H2,1-4H3,(H2,21,22). The molecular formula is C20H36N4O4. The average Bonchev–Trinajstić information content (AvgIpc) is 3.04. The van der Waals surface area contributed by atoms with Crippen LogP contribution in [0.3, 0.4) is 0 Å². The first-order chi connectivity index (χ1) is 13.2. The van der Waals surface area contributed by atoms with Crippen LogP contribution in [-0.2, 0) is 14.2 Å². The van der Waals surface area contributed by atoms with E-state index in [2.05, 4.69) is 11.9 Å². The first-order valence-electron chi connectivity index (χ1n) is 10.5. The molecular weight excluding hydrogens is 360 g/mol. The molecule has 0 aromatic carbocycles. The summed E-state index contributed by atoms with van der Waals surface area (Å²) < 4.78 is 17.6. The number of guanidine groups is 1.